The van der Waals surface area contributed by atoms with Crippen LogP contribution in [0.15, 0.2) is 24.3 Å². The minimum Gasteiger partial charge on any atom is -0.465 e. The number of hydrogen-bond acceptors (Lipinski definition) is 3. The minimum absolute atomic E-state index is 0.105. The van der Waals surface area contributed by atoms with Gasteiger partial charge in [-0.3, -0.25) is 0 Å². The monoisotopic (exact) mass is 423 g/mol. The Morgan fingerprint density at radius 1 is 1.19 bits per heavy atom. The van der Waals surface area contributed by atoms with E-state index in [0.717, 1.165) is 0 Å². The first-order valence-corrected chi connectivity index (χ1v) is 7.13. The lowest BCUT2D eigenvalue weighted by Crippen LogP contribution is -2.07. The van der Waals surface area contributed by atoms with Crippen molar-refractivity contribution in [2.45, 2.75) is 0 Å². The third-order valence-electron chi connectivity index (χ3n) is 2.84. The molecule has 0 bridgehead atoms. The van der Waals surface area contributed by atoms with Crippen LogP contribution in [0.2, 0.25) is 5.02 Å². The van der Waals surface area contributed by atoms with Gasteiger partial charge in [-0.05, 0) is 40.8 Å². The molecular weight excluding hydrogens is 415 g/mol. The van der Waals surface area contributed by atoms with Gasteiger partial charge in [0.15, 0.2) is 0 Å². The summed E-state index contributed by atoms with van der Waals surface area (Å²) in [6.45, 7) is 0. The van der Waals surface area contributed by atoms with Gasteiger partial charge >= 0.3 is 5.97 Å². The van der Waals surface area contributed by atoms with Gasteiger partial charge in [-0.2, -0.15) is 0 Å². The van der Waals surface area contributed by atoms with E-state index in [1.165, 1.54) is 25.3 Å². The van der Waals surface area contributed by atoms with Crippen molar-refractivity contribution in [1.82, 2.24) is 0 Å². The van der Waals surface area contributed by atoms with Crippen LogP contribution < -0.4 is 5.73 Å². The number of carbonyl (C=O) groups excluding carboxylic acids is 1. The highest BCUT2D eigenvalue weighted by molar-refractivity contribution is 14.1. The molecule has 21 heavy (non-hydrogen) atoms. The Hall–Kier alpha value is -1.41. The topological polar surface area (TPSA) is 52.3 Å². The molecule has 0 saturated carbocycles. The van der Waals surface area contributed by atoms with Crippen LogP contribution in [-0.4, -0.2) is 13.1 Å². The van der Waals surface area contributed by atoms with E-state index in [1.54, 1.807) is 0 Å². The fraction of sp³-hybridized carbons (Fsp3) is 0.0714. The largest absolute Gasteiger partial charge is 0.465 e. The normalized spacial score (nSPS) is 10.5. The van der Waals surface area contributed by atoms with Crippen LogP contribution in [0.5, 0.6) is 0 Å². The molecule has 2 aromatic rings. The average molecular weight is 424 g/mol. The number of benzene rings is 2. The van der Waals surface area contributed by atoms with Gasteiger partial charge < -0.3 is 10.5 Å². The van der Waals surface area contributed by atoms with Crippen molar-refractivity contribution in [3.8, 4) is 11.1 Å². The van der Waals surface area contributed by atoms with Crippen molar-refractivity contribution in [2.24, 2.45) is 0 Å². The summed E-state index contributed by atoms with van der Waals surface area (Å²) in [6.07, 6.45) is 0. The number of carbonyl (C=O) groups is 1. The van der Waals surface area contributed by atoms with Crippen LogP contribution in [0.1, 0.15) is 10.4 Å². The summed E-state index contributed by atoms with van der Waals surface area (Å²) in [5.41, 5.74) is 6.63. The Kier molecular flexibility index (Phi) is 4.67. The van der Waals surface area contributed by atoms with Crippen LogP contribution in [0, 0.1) is 15.2 Å². The molecule has 0 heterocycles. The second-order valence-corrected chi connectivity index (χ2v) is 5.73. The zero-order valence-corrected chi connectivity index (χ0v) is 13.6. The molecule has 2 aromatic carbocycles. The van der Waals surface area contributed by atoms with E-state index in [4.69, 9.17) is 17.3 Å². The average Bonchev–Trinajstić information content (AvgIpc) is 2.44. The quantitative estimate of drug-likeness (QED) is 0.340. The number of methoxy groups -OCH3 is 1. The molecule has 2 rings (SSSR count). The van der Waals surface area contributed by atoms with Gasteiger partial charge in [0.1, 0.15) is 11.6 Å². The third-order valence-corrected chi connectivity index (χ3v) is 4.03. The molecule has 0 radical (unpaired) electrons. The van der Waals surface area contributed by atoms with Gasteiger partial charge in [-0.1, -0.05) is 11.6 Å². The molecule has 0 aliphatic rings. The predicted octanol–water partition coefficient (Wildman–Crippen LogP) is 4.26. The Bertz CT molecular complexity index is 737. The molecule has 3 nitrogen and oxygen atoms in total. The van der Waals surface area contributed by atoms with E-state index in [0.29, 0.717) is 15.2 Å². The lowest BCUT2D eigenvalue weighted by Gasteiger charge is -2.11. The Balaban J connectivity index is 2.63. The SMILES string of the molecule is COC(=O)c1cc(I)c(-c2cc(Cl)c(F)cc2F)cc1N. The predicted molar refractivity (Wildman–Crippen MR) is 85.3 cm³/mol. The van der Waals surface area contributed by atoms with Gasteiger partial charge in [0.05, 0.1) is 17.7 Å². The molecule has 110 valence electrons. The second-order valence-electron chi connectivity index (χ2n) is 4.16. The van der Waals surface area contributed by atoms with Crippen LogP contribution >= 0.6 is 34.2 Å². The first kappa shape index (κ1) is 16.0. The number of nitrogens with two attached hydrogens (primary N) is 1. The number of halogens is 4. The van der Waals surface area contributed by atoms with E-state index in [2.05, 4.69) is 4.74 Å². The Morgan fingerprint density at radius 3 is 2.48 bits per heavy atom. The highest BCUT2D eigenvalue weighted by Crippen LogP contribution is 2.34. The maximum absolute atomic E-state index is 13.9. The molecular formula is C14H9ClF2INO2. The molecule has 0 atom stereocenters. The van der Waals surface area contributed by atoms with Gasteiger partial charge in [0, 0.05) is 26.5 Å². The van der Waals surface area contributed by atoms with Crippen LogP contribution in [0.25, 0.3) is 11.1 Å². The van der Waals surface area contributed by atoms with E-state index >= 15 is 0 Å². The van der Waals surface area contributed by atoms with Crippen LogP contribution in [0.4, 0.5) is 14.5 Å². The molecule has 0 saturated heterocycles. The maximum Gasteiger partial charge on any atom is 0.339 e. The fourth-order valence-corrected chi connectivity index (χ4v) is 2.73. The van der Waals surface area contributed by atoms with Gasteiger partial charge in [-0.25, -0.2) is 13.6 Å². The summed E-state index contributed by atoms with van der Waals surface area (Å²) in [6, 6.07) is 4.80. The smallest absolute Gasteiger partial charge is 0.339 e. The molecule has 2 N–H and O–H groups in total. The number of nitrogen functional groups attached to an aromatic ring is 1. The summed E-state index contributed by atoms with van der Waals surface area (Å²) in [5.74, 6) is -2.19. The molecule has 0 aliphatic heterocycles. The van der Waals surface area contributed by atoms with E-state index in [9.17, 15) is 13.6 Å². The summed E-state index contributed by atoms with van der Waals surface area (Å²) in [7, 11) is 1.24. The molecule has 0 unspecified atom stereocenters. The lowest BCUT2D eigenvalue weighted by atomic mass is 10.0. The molecule has 0 fully saturated rings. The van der Waals surface area contributed by atoms with Crippen LogP contribution in [-0.2, 0) is 4.74 Å². The third kappa shape index (κ3) is 3.11. The maximum atomic E-state index is 13.9. The highest BCUT2D eigenvalue weighted by atomic mass is 127. The summed E-state index contributed by atoms with van der Waals surface area (Å²) in [4.78, 5) is 11.5. The summed E-state index contributed by atoms with van der Waals surface area (Å²) >= 11 is 7.61. The van der Waals surface area contributed by atoms with E-state index in [-0.39, 0.29) is 21.8 Å². The number of esters is 1. The number of hydrogen-bond donors (Lipinski definition) is 1. The zero-order valence-electron chi connectivity index (χ0n) is 10.7. The second kappa shape index (κ2) is 6.15. The van der Waals surface area contributed by atoms with Crippen molar-refractivity contribution >= 4 is 45.8 Å². The van der Waals surface area contributed by atoms with Crippen molar-refractivity contribution in [3.05, 3.63) is 50.1 Å². The van der Waals surface area contributed by atoms with Gasteiger partial charge in [0.25, 0.3) is 0 Å². The van der Waals surface area contributed by atoms with Crippen molar-refractivity contribution in [1.29, 1.82) is 0 Å². The van der Waals surface area contributed by atoms with Crippen molar-refractivity contribution < 1.29 is 18.3 Å². The summed E-state index contributed by atoms with van der Waals surface area (Å²) in [5, 5.41) is -0.196. The lowest BCUT2D eigenvalue weighted by molar-refractivity contribution is 0.0602. The van der Waals surface area contributed by atoms with Gasteiger partial charge in [-0.15, -0.1) is 0 Å². The molecule has 0 aromatic heterocycles. The highest BCUT2D eigenvalue weighted by Gasteiger charge is 2.17. The van der Waals surface area contributed by atoms with Crippen molar-refractivity contribution in [3.63, 3.8) is 0 Å². The van der Waals surface area contributed by atoms with Crippen molar-refractivity contribution in [2.75, 3.05) is 12.8 Å². The first-order chi connectivity index (χ1) is 9.85. The molecule has 0 amide bonds. The van der Waals surface area contributed by atoms with E-state index in [1.807, 2.05) is 22.6 Å². The minimum atomic E-state index is -0.841. The molecule has 7 heteroatoms. The molecule has 0 spiro atoms. The van der Waals surface area contributed by atoms with Crippen LogP contribution in [0.3, 0.4) is 0 Å². The van der Waals surface area contributed by atoms with Gasteiger partial charge in [0.2, 0.25) is 0 Å². The number of anilines is 1. The number of rotatable bonds is 2. The Labute approximate surface area is 138 Å². The first-order valence-electron chi connectivity index (χ1n) is 5.67. The summed E-state index contributed by atoms with van der Waals surface area (Å²) < 4.78 is 32.3. The Morgan fingerprint density at radius 2 is 1.86 bits per heavy atom. The number of ether oxygens (including phenoxy) is 1. The van der Waals surface area contributed by atoms with E-state index < -0.39 is 17.6 Å². The molecule has 0 aliphatic carbocycles. The standard InChI is InChI=1S/C14H9ClF2INO2/c1-21-14(20)8-3-12(18)7(4-13(8)19)6-2-9(15)11(17)5-10(6)16/h2-5H,19H2,1H3. The fourth-order valence-electron chi connectivity index (χ4n) is 1.81. The zero-order chi connectivity index (χ0) is 15.7.